The first kappa shape index (κ1) is 18.1. The molecule has 0 saturated carbocycles. The van der Waals surface area contributed by atoms with Crippen molar-refractivity contribution in [3.05, 3.63) is 28.8 Å². The quantitative estimate of drug-likeness (QED) is 0.867. The summed E-state index contributed by atoms with van der Waals surface area (Å²) in [5.74, 6) is 0.835. The summed E-state index contributed by atoms with van der Waals surface area (Å²) in [6, 6.07) is 6.20. The molecule has 0 aliphatic carbocycles. The first-order valence-electron chi connectivity index (χ1n) is 6.75. The smallest absolute Gasteiger partial charge is 0.252 e. The van der Waals surface area contributed by atoms with Crippen molar-refractivity contribution in [2.75, 3.05) is 25.6 Å². The van der Waals surface area contributed by atoms with Gasteiger partial charge in [-0.3, -0.25) is 4.79 Å². The Balaban J connectivity index is 2.35. The summed E-state index contributed by atoms with van der Waals surface area (Å²) in [5.41, 5.74) is -0.747. The monoisotopic (exact) mass is 373 g/mol. The molecule has 9 heteroatoms. The number of thioether (sulfide) groups is 1. The third kappa shape index (κ3) is 3.63. The standard InChI is InChI=1S/C14H16ClN3O3S2/c1-18(2)23(20,21)12-7-10(3-4-11(12)15)13(19)17-14(8-16)5-6-22-9-14/h3-4,7H,5-6,9H2,1-2H3,(H,17,19)/t14-/m1/s1. The van der Waals surface area contributed by atoms with Gasteiger partial charge in [0.05, 0.1) is 11.1 Å². The average Bonchev–Trinajstić information content (AvgIpc) is 2.96. The van der Waals surface area contributed by atoms with Crippen LogP contribution in [0.15, 0.2) is 23.1 Å². The number of nitrogens with one attached hydrogen (secondary N) is 1. The van der Waals surface area contributed by atoms with Gasteiger partial charge in [-0.25, -0.2) is 12.7 Å². The number of amides is 1. The number of hydrogen-bond donors (Lipinski definition) is 1. The zero-order chi connectivity index (χ0) is 17.3. The number of rotatable bonds is 4. The summed E-state index contributed by atoms with van der Waals surface area (Å²) in [6.07, 6.45) is 0.566. The maximum Gasteiger partial charge on any atom is 0.252 e. The Hall–Kier alpha value is -1.27. The van der Waals surface area contributed by atoms with Crippen LogP contribution in [0.1, 0.15) is 16.8 Å². The molecule has 1 aromatic rings. The molecule has 1 fully saturated rings. The maximum atomic E-state index is 12.4. The van der Waals surface area contributed by atoms with Crippen LogP contribution in [0, 0.1) is 11.3 Å². The van der Waals surface area contributed by atoms with Gasteiger partial charge in [-0.2, -0.15) is 17.0 Å². The van der Waals surface area contributed by atoms with Crippen molar-refractivity contribution in [3.8, 4) is 6.07 Å². The molecule has 0 aromatic heterocycles. The van der Waals surface area contributed by atoms with Crippen LogP contribution in [0.2, 0.25) is 5.02 Å². The van der Waals surface area contributed by atoms with Crippen LogP contribution in [0.4, 0.5) is 0 Å². The summed E-state index contributed by atoms with van der Waals surface area (Å²) >= 11 is 7.56. The number of sulfonamides is 1. The Kier molecular flexibility index (Phi) is 5.26. The highest BCUT2D eigenvalue weighted by Crippen LogP contribution is 2.29. The van der Waals surface area contributed by atoms with E-state index >= 15 is 0 Å². The lowest BCUT2D eigenvalue weighted by molar-refractivity contribution is 0.0926. The largest absolute Gasteiger partial charge is 0.333 e. The lowest BCUT2D eigenvalue weighted by atomic mass is 10.0. The molecule has 0 radical (unpaired) electrons. The number of halogens is 1. The number of benzene rings is 1. The van der Waals surface area contributed by atoms with Gasteiger partial charge in [0.15, 0.2) is 0 Å². The second kappa shape index (κ2) is 6.69. The van der Waals surface area contributed by atoms with Crippen molar-refractivity contribution < 1.29 is 13.2 Å². The van der Waals surface area contributed by atoms with Crippen LogP contribution in [0.25, 0.3) is 0 Å². The zero-order valence-electron chi connectivity index (χ0n) is 12.7. The minimum atomic E-state index is -3.76. The van der Waals surface area contributed by atoms with E-state index in [9.17, 15) is 18.5 Å². The summed E-state index contributed by atoms with van der Waals surface area (Å²) in [6.45, 7) is 0. The van der Waals surface area contributed by atoms with E-state index in [-0.39, 0.29) is 15.5 Å². The molecule has 124 valence electrons. The second-order valence-electron chi connectivity index (χ2n) is 5.38. The molecule has 0 spiro atoms. The predicted molar refractivity (Wildman–Crippen MR) is 90.1 cm³/mol. The minimum Gasteiger partial charge on any atom is -0.333 e. The third-order valence-corrected chi connectivity index (χ3v) is 7.03. The topological polar surface area (TPSA) is 90.3 Å². The average molecular weight is 374 g/mol. The van der Waals surface area contributed by atoms with Gasteiger partial charge in [0.1, 0.15) is 10.4 Å². The first-order chi connectivity index (χ1) is 10.7. The van der Waals surface area contributed by atoms with Crippen molar-refractivity contribution in [1.82, 2.24) is 9.62 Å². The highest BCUT2D eigenvalue weighted by atomic mass is 35.5. The van der Waals surface area contributed by atoms with Gasteiger partial charge < -0.3 is 5.32 Å². The van der Waals surface area contributed by atoms with Crippen molar-refractivity contribution in [2.24, 2.45) is 0 Å². The molecule has 1 N–H and O–H groups in total. The van der Waals surface area contributed by atoms with Crippen molar-refractivity contribution in [1.29, 1.82) is 5.26 Å². The molecule has 23 heavy (non-hydrogen) atoms. The van der Waals surface area contributed by atoms with E-state index in [4.69, 9.17) is 11.6 Å². The molecule has 1 saturated heterocycles. The third-order valence-electron chi connectivity index (χ3n) is 3.54. The fraction of sp³-hybridized carbons (Fsp3) is 0.429. The fourth-order valence-electron chi connectivity index (χ4n) is 2.11. The maximum absolute atomic E-state index is 12.4. The molecule has 1 heterocycles. The van der Waals surface area contributed by atoms with E-state index in [0.29, 0.717) is 12.2 Å². The van der Waals surface area contributed by atoms with E-state index in [1.165, 1.54) is 32.3 Å². The van der Waals surface area contributed by atoms with Gasteiger partial charge in [-0.15, -0.1) is 0 Å². The van der Waals surface area contributed by atoms with Gasteiger partial charge in [-0.05, 0) is 30.4 Å². The molecule has 0 bridgehead atoms. The fourth-order valence-corrected chi connectivity index (χ4v) is 4.77. The summed E-state index contributed by atoms with van der Waals surface area (Å²) in [7, 11) is -0.984. The molecule has 2 rings (SSSR count). The van der Waals surface area contributed by atoms with Crippen LogP contribution < -0.4 is 5.32 Å². The van der Waals surface area contributed by atoms with E-state index < -0.39 is 21.5 Å². The summed E-state index contributed by atoms with van der Waals surface area (Å²) in [5, 5.41) is 12.1. The Morgan fingerprint density at radius 1 is 1.48 bits per heavy atom. The number of hydrogen-bond acceptors (Lipinski definition) is 5. The van der Waals surface area contributed by atoms with Crippen LogP contribution in [-0.4, -0.2) is 49.8 Å². The van der Waals surface area contributed by atoms with Crippen LogP contribution in [-0.2, 0) is 10.0 Å². The molecule has 1 aromatic carbocycles. The normalized spacial score (nSPS) is 21.2. The Morgan fingerprint density at radius 3 is 2.70 bits per heavy atom. The van der Waals surface area contributed by atoms with Crippen LogP contribution >= 0.6 is 23.4 Å². The van der Waals surface area contributed by atoms with Gasteiger partial charge in [0.25, 0.3) is 5.91 Å². The Labute approximate surface area is 144 Å². The molecule has 1 aliphatic heterocycles. The van der Waals surface area contributed by atoms with Crippen molar-refractivity contribution in [3.63, 3.8) is 0 Å². The van der Waals surface area contributed by atoms with Crippen molar-refractivity contribution >= 4 is 39.3 Å². The molecule has 0 unspecified atom stereocenters. The van der Waals surface area contributed by atoms with Crippen LogP contribution in [0.3, 0.4) is 0 Å². The summed E-state index contributed by atoms with van der Waals surface area (Å²) < 4.78 is 25.5. The minimum absolute atomic E-state index is 0.0432. The number of carbonyl (C=O) groups excluding carboxylic acids is 1. The molecule has 1 atom stereocenters. The first-order valence-corrected chi connectivity index (χ1v) is 9.73. The Morgan fingerprint density at radius 2 is 2.17 bits per heavy atom. The molecule has 6 nitrogen and oxygen atoms in total. The van der Waals surface area contributed by atoms with Crippen molar-refractivity contribution in [2.45, 2.75) is 16.9 Å². The van der Waals surface area contributed by atoms with E-state index in [2.05, 4.69) is 11.4 Å². The second-order valence-corrected chi connectivity index (χ2v) is 9.02. The Bertz CT molecular complexity index is 766. The van der Waals surface area contributed by atoms with Crippen LogP contribution in [0.5, 0.6) is 0 Å². The lowest BCUT2D eigenvalue weighted by Crippen LogP contribution is -2.47. The van der Waals surface area contributed by atoms with Gasteiger partial charge >= 0.3 is 0 Å². The highest BCUT2D eigenvalue weighted by molar-refractivity contribution is 7.99. The number of nitriles is 1. The zero-order valence-corrected chi connectivity index (χ0v) is 15.1. The lowest BCUT2D eigenvalue weighted by Gasteiger charge is -2.21. The van der Waals surface area contributed by atoms with Gasteiger partial charge in [0.2, 0.25) is 10.0 Å². The highest BCUT2D eigenvalue weighted by Gasteiger charge is 2.36. The molecular formula is C14H16ClN3O3S2. The number of nitrogens with zero attached hydrogens (tertiary/aromatic N) is 2. The SMILES string of the molecule is CN(C)S(=O)(=O)c1cc(C(=O)N[C@@]2(C#N)CCSC2)ccc1Cl. The van der Waals surface area contributed by atoms with Gasteiger partial charge in [0, 0.05) is 25.4 Å². The molecule has 1 aliphatic rings. The van der Waals surface area contributed by atoms with E-state index in [1.54, 1.807) is 11.8 Å². The molecular weight excluding hydrogens is 358 g/mol. The number of carbonyl (C=O) groups is 1. The van der Waals surface area contributed by atoms with Gasteiger partial charge in [-0.1, -0.05) is 11.6 Å². The molecule has 1 amide bonds. The van der Waals surface area contributed by atoms with E-state index in [0.717, 1.165) is 10.1 Å². The summed E-state index contributed by atoms with van der Waals surface area (Å²) in [4.78, 5) is 12.3. The predicted octanol–water partition coefficient (Wildman–Crippen LogP) is 1.72. The van der Waals surface area contributed by atoms with E-state index in [1.807, 2.05) is 0 Å².